The fraction of sp³-hybridized carbons (Fsp3) is 0.333. The minimum Gasteiger partial charge on any atom is -0.341 e. The molecule has 0 N–H and O–H groups in total. The van der Waals surface area contributed by atoms with E-state index in [0.717, 1.165) is 11.8 Å². The maximum absolute atomic E-state index is 11.6. The summed E-state index contributed by atoms with van der Waals surface area (Å²) < 4.78 is 22.0. The third-order valence-electron chi connectivity index (χ3n) is 2.29. The van der Waals surface area contributed by atoms with Gasteiger partial charge in [-0.2, -0.15) is 5.26 Å². The molecule has 1 rings (SSSR count). The molecule has 0 radical (unpaired) electrons. The Morgan fingerprint density at radius 3 is 2.67 bits per heavy atom. The molecule has 1 aromatic rings. The van der Waals surface area contributed by atoms with E-state index in [-0.39, 0.29) is 6.54 Å². The lowest BCUT2D eigenvalue weighted by atomic mass is 10.1. The van der Waals surface area contributed by atoms with E-state index in [2.05, 4.69) is 0 Å². The Kier molecular flexibility index (Phi) is 4.45. The van der Waals surface area contributed by atoms with Crippen LogP contribution in [0.3, 0.4) is 0 Å². The first-order chi connectivity index (χ1) is 8.31. The predicted molar refractivity (Wildman–Crippen MR) is 67.3 cm³/mol. The zero-order valence-electron chi connectivity index (χ0n) is 10.3. The minimum atomic E-state index is -3.32. The number of rotatable bonds is 4. The van der Waals surface area contributed by atoms with Crippen LogP contribution in [0.1, 0.15) is 11.1 Å². The standard InChI is InChI=1S/C12H14N2O3S/c1-14(12(15)9-18(2,16)17)8-11-5-3-4-10(6-11)7-13/h3-6H,8-9H2,1-2H3. The number of carbonyl (C=O) groups is 1. The highest BCUT2D eigenvalue weighted by atomic mass is 32.2. The fourth-order valence-corrected chi connectivity index (χ4v) is 2.10. The highest BCUT2D eigenvalue weighted by molar-refractivity contribution is 7.91. The number of amides is 1. The first-order valence-electron chi connectivity index (χ1n) is 5.22. The SMILES string of the molecule is CN(Cc1cccc(C#N)c1)C(=O)CS(C)(=O)=O. The molecule has 0 unspecified atom stereocenters. The topological polar surface area (TPSA) is 78.2 Å². The monoisotopic (exact) mass is 266 g/mol. The Labute approximate surface area is 107 Å². The molecule has 18 heavy (non-hydrogen) atoms. The molecule has 0 fully saturated rings. The van der Waals surface area contributed by atoms with Gasteiger partial charge in [0.2, 0.25) is 5.91 Å². The first kappa shape index (κ1) is 14.2. The lowest BCUT2D eigenvalue weighted by Crippen LogP contribution is -2.31. The molecule has 0 aliphatic rings. The molecule has 5 nitrogen and oxygen atoms in total. The van der Waals surface area contributed by atoms with Crippen molar-refractivity contribution in [2.45, 2.75) is 6.54 Å². The van der Waals surface area contributed by atoms with E-state index in [1.807, 2.05) is 6.07 Å². The van der Waals surface area contributed by atoms with Crippen molar-refractivity contribution >= 4 is 15.7 Å². The Morgan fingerprint density at radius 1 is 1.44 bits per heavy atom. The number of carbonyl (C=O) groups excluding carboxylic acids is 1. The van der Waals surface area contributed by atoms with E-state index in [4.69, 9.17) is 5.26 Å². The van der Waals surface area contributed by atoms with Crippen molar-refractivity contribution in [2.24, 2.45) is 0 Å². The lowest BCUT2D eigenvalue weighted by Gasteiger charge is -2.16. The normalized spacial score (nSPS) is 10.7. The average Bonchev–Trinajstić information content (AvgIpc) is 2.27. The van der Waals surface area contributed by atoms with Gasteiger partial charge in [0.15, 0.2) is 9.84 Å². The van der Waals surface area contributed by atoms with Gasteiger partial charge in [-0.15, -0.1) is 0 Å². The maximum atomic E-state index is 11.6. The Morgan fingerprint density at radius 2 is 2.11 bits per heavy atom. The summed E-state index contributed by atoms with van der Waals surface area (Å²) in [5, 5.41) is 8.75. The number of benzene rings is 1. The molecule has 0 bridgehead atoms. The first-order valence-corrected chi connectivity index (χ1v) is 7.28. The second-order valence-electron chi connectivity index (χ2n) is 4.13. The second kappa shape index (κ2) is 5.65. The van der Waals surface area contributed by atoms with Crippen LogP contribution < -0.4 is 0 Å². The van der Waals surface area contributed by atoms with Gasteiger partial charge in [-0.05, 0) is 17.7 Å². The largest absolute Gasteiger partial charge is 0.341 e. The molecular weight excluding hydrogens is 252 g/mol. The molecule has 96 valence electrons. The summed E-state index contributed by atoms with van der Waals surface area (Å²) >= 11 is 0. The highest BCUT2D eigenvalue weighted by Gasteiger charge is 2.15. The number of nitriles is 1. The van der Waals surface area contributed by atoms with Crippen molar-refractivity contribution in [3.8, 4) is 6.07 Å². The van der Waals surface area contributed by atoms with Crippen molar-refractivity contribution in [1.82, 2.24) is 4.90 Å². The summed E-state index contributed by atoms with van der Waals surface area (Å²) in [7, 11) is -1.78. The molecule has 0 saturated carbocycles. The van der Waals surface area contributed by atoms with Crippen molar-refractivity contribution in [1.29, 1.82) is 5.26 Å². The molecule has 0 saturated heterocycles. The van der Waals surface area contributed by atoms with Crippen LogP contribution in [0.25, 0.3) is 0 Å². The molecule has 0 atom stereocenters. The smallest absolute Gasteiger partial charge is 0.237 e. The van der Waals surface area contributed by atoms with Gasteiger partial charge < -0.3 is 4.90 Å². The van der Waals surface area contributed by atoms with Crippen LogP contribution in [0.5, 0.6) is 0 Å². The molecule has 1 aromatic carbocycles. The Hall–Kier alpha value is -1.87. The van der Waals surface area contributed by atoms with Gasteiger partial charge in [0.05, 0.1) is 11.6 Å². The third kappa shape index (κ3) is 4.55. The maximum Gasteiger partial charge on any atom is 0.237 e. The van der Waals surface area contributed by atoms with Crippen molar-refractivity contribution in [2.75, 3.05) is 19.1 Å². The molecule has 0 spiro atoms. The quantitative estimate of drug-likeness (QED) is 0.797. The zero-order chi connectivity index (χ0) is 13.8. The van der Waals surface area contributed by atoms with E-state index in [1.165, 1.54) is 11.9 Å². The van der Waals surface area contributed by atoms with Crippen LogP contribution in [0, 0.1) is 11.3 Å². The molecule has 0 heterocycles. The summed E-state index contributed by atoms with van der Waals surface area (Å²) in [6.45, 7) is 0.282. The highest BCUT2D eigenvalue weighted by Crippen LogP contribution is 2.07. The molecule has 0 aromatic heterocycles. The third-order valence-corrected chi connectivity index (χ3v) is 3.06. The van der Waals surface area contributed by atoms with E-state index in [1.54, 1.807) is 24.3 Å². The summed E-state index contributed by atoms with van der Waals surface area (Å²) in [4.78, 5) is 12.9. The number of hydrogen-bond donors (Lipinski definition) is 0. The molecular formula is C12H14N2O3S. The Bertz CT molecular complexity index is 588. The van der Waals surface area contributed by atoms with Crippen molar-refractivity contribution in [3.63, 3.8) is 0 Å². The van der Waals surface area contributed by atoms with Crippen LogP contribution in [0.4, 0.5) is 0 Å². The number of hydrogen-bond acceptors (Lipinski definition) is 4. The van der Waals surface area contributed by atoms with Crippen LogP contribution in [-0.2, 0) is 21.2 Å². The van der Waals surface area contributed by atoms with E-state index >= 15 is 0 Å². The van der Waals surface area contributed by atoms with Gasteiger partial charge in [-0.3, -0.25) is 4.79 Å². The summed E-state index contributed by atoms with van der Waals surface area (Å²) in [5.74, 6) is -0.957. The summed E-state index contributed by atoms with van der Waals surface area (Å²) in [6, 6.07) is 8.86. The van der Waals surface area contributed by atoms with E-state index < -0.39 is 21.5 Å². The summed E-state index contributed by atoms with van der Waals surface area (Å²) in [5.41, 5.74) is 1.30. The number of nitrogens with zero attached hydrogens (tertiary/aromatic N) is 2. The molecule has 1 amide bonds. The van der Waals surface area contributed by atoms with Crippen molar-refractivity contribution in [3.05, 3.63) is 35.4 Å². The van der Waals surface area contributed by atoms with Crippen LogP contribution in [0.15, 0.2) is 24.3 Å². The second-order valence-corrected chi connectivity index (χ2v) is 6.27. The summed E-state index contributed by atoms with van der Waals surface area (Å²) in [6.07, 6.45) is 1.02. The lowest BCUT2D eigenvalue weighted by molar-refractivity contribution is -0.127. The predicted octanol–water partition coefficient (Wildman–Crippen LogP) is 0.561. The minimum absolute atomic E-state index is 0.282. The Balaban J connectivity index is 2.73. The average molecular weight is 266 g/mol. The molecule has 0 aliphatic heterocycles. The van der Waals surface area contributed by atoms with Crippen LogP contribution in [-0.4, -0.2) is 38.3 Å². The molecule has 6 heteroatoms. The van der Waals surface area contributed by atoms with Gasteiger partial charge in [0.1, 0.15) is 5.75 Å². The van der Waals surface area contributed by atoms with Gasteiger partial charge in [0, 0.05) is 19.8 Å². The van der Waals surface area contributed by atoms with Crippen LogP contribution in [0.2, 0.25) is 0 Å². The molecule has 0 aliphatic carbocycles. The van der Waals surface area contributed by atoms with E-state index in [9.17, 15) is 13.2 Å². The van der Waals surface area contributed by atoms with Gasteiger partial charge in [-0.1, -0.05) is 12.1 Å². The van der Waals surface area contributed by atoms with Gasteiger partial charge in [-0.25, -0.2) is 8.42 Å². The van der Waals surface area contributed by atoms with Crippen LogP contribution >= 0.6 is 0 Å². The van der Waals surface area contributed by atoms with Gasteiger partial charge in [0.25, 0.3) is 0 Å². The zero-order valence-corrected chi connectivity index (χ0v) is 11.1. The van der Waals surface area contributed by atoms with E-state index in [0.29, 0.717) is 5.56 Å². The van der Waals surface area contributed by atoms with Gasteiger partial charge >= 0.3 is 0 Å². The number of sulfone groups is 1. The fourth-order valence-electron chi connectivity index (χ4n) is 1.44. The van der Waals surface area contributed by atoms with Crippen molar-refractivity contribution < 1.29 is 13.2 Å².